The minimum absolute atomic E-state index is 0.0348. The standard InChI is InChI=1S/C50H61N3O13/c1-23-13-12-14-24(2)49(60)52-41-44(58)37-36(40-47(41)65-35-20-32(19-33(55)39(35)51-40)62-22-31-15-17-53(10)21-31)38-46(29(7)43(37)57)66-50(9,48(38)59)63-18-16-34(61-11)28(6)45(64-30(8)54)27(5)25(3)26(4)42(23)56/h12-14,16,18-20,23,25-28,31,34,42,45,56-57,59H,15,17,21-22H2,1-11H3,(H,52,60)/b13-12+,18-16+,24-14-/t23-,25+,26-,27+,28+,31?,34-,42-,45-,50-/m0/s1. The molecule has 4 aromatic rings. The molecule has 0 saturated carbocycles. The van der Waals surface area contributed by atoms with Crippen molar-refractivity contribution in [2.45, 2.75) is 92.8 Å². The molecule has 354 valence electrons. The van der Waals surface area contributed by atoms with Gasteiger partial charge < -0.3 is 53.6 Å². The quantitative estimate of drug-likeness (QED) is 0.100. The Balaban J connectivity index is 1.45. The fourth-order valence-corrected chi connectivity index (χ4v) is 9.54. The van der Waals surface area contributed by atoms with Crippen LogP contribution in [0.1, 0.15) is 67.4 Å². The highest BCUT2D eigenvalue weighted by molar-refractivity contribution is 6.16. The average molecular weight is 912 g/mol. The predicted molar refractivity (Wildman–Crippen MR) is 249 cm³/mol. The number of fused-ring (bicyclic) bond motifs is 2. The van der Waals surface area contributed by atoms with Crippen molar-refractivity contribution in [3.63, 3.8) is 0 Å². The Morgan fingerprint density at radius 3 is 2.39 bits per heavy atom. The summed E-state index contributed by atoms with van der Waals surface area (Å²) < 4.78 is 36.7. The number of aliphatic hydroxyl groups is 2. The summed E-state index contributed by atoms with van der Waals surface area (Å²) in [4.78, 5) is 62.1. The van der Waals surface area contributed by atoms with Crippen molar-refractivity contribution < 1.29 is 53.0 Å². The summed E-state index contributed by atoms with van der Waals surface area (Å²) in [7, 11) is 3.53. The number of likely N-dealkylation sites (tertiary alicyclic amines) is 1. The lowest BCUT2D eigenvalue weighted by Gasteiger charge is -2.39. The lowest BCUT2D eigenvalue weighted by atomic mass is 9.73. The number of allylic oxidation sites excluding steroid dienone is 2. The summed E-state index contributed by atoms with van der Waals surface area (Å²) in [5.74, 6) is -5.20. The lowest BCUT2D eigenvalue weighted by molar-refractivity contribution is -0.157. The lowest BCUT2D eigenvalue weighted by Crippen LogP contribution is -2.43. The van der Waals surface area contributed by atoms with Gasteiger partial charge in [-0.05, 0) is 57.7 Å². The first-order valence-corrected chi connectivity index (χ1v) is 22.4. The molecular formula is C50H61N3O13. The molecule has 4 heterocycles. The van der Waals surface area contributed by atoms with Crippen LogP contribution in [0.5, 0.6) is 17.2 Å². The fourth-order valence-electron chi connectivity index (χ4n) is 9.54. The van der Waals surface area contributed by atoms with Crippen LogP contribution >= 0.6 is 0 Å². The maximum atomic E-state index is 14.8. The van der Waals surface area contributed by atoms with E-state index in [4.69, 9.17) is 33.1 Å². The number of phenolic OH excluding ortho intramolecular Hbond substituents is 1. The summed E-state index contributed by atoms with van der Waals surface area (Å²) in [6.07, 6.45) is 6.60. The zero-order valence-electron chi connectivity index (χ0n) is 39.4. The first kappa shape index (κ1) is 48.0. The number of esters is 1. The van der Waals surface area contributed by atoms with Crippen molar-refractivity contribution in [1.82, 2.24) is 9.88 Å². The number of carbonyl (C=O) groups excluding carboxylic acids is 2. The van der Waals surface area contributed by atoms with Crippen molar-refractivity contribution in [2.24, 2.45) is 35.5 Å². The van der Waals surface area contributed by atoms with Gasteiger partial charge in [0, 0.05) is 73.9 Å². The van der Waals surface area contributed by atoms with Gasteiger partial charge in [-0.2, -0.15) is 0 Å². The molecule has 4 N–H and O–H groups in total. The zero-order chi connectivity index (χ0) is 48.1. The van der Waals surface area contributed by atoms with Crippen molar-refractivity contribution in [3.05, 3.63) is 79.5 Å². The second kappa shape index (κ2) is 18.7. The van der Waals surface area contributed by atoms with Crippen LogP contribution in [0.2, 0.25) is 0 Å². The predicted octanol–water partition coefficient (Wildman–Crippen LogP) is 6.17. The van der Waals surface area contributed by atoms with E-state index in [9.17, 15) is 34.5 Å². The molecule has 3 aliphatic rings. The Morgan fingerprint density at radius 2 is 1.73 bits per heavy atom. The molecule has 10 atom stereocenters. The molecule has 7 rings (SSSR count). The molecule has 0 radical (unpaired) electrons. The molecule has 3 aliphatic heterocycles. The van der Waals surface area contributed by atoms with E-state index in [1.54, 1.807) is 25.2 Å². The number of benzene rings is 3. The number of hydrogen-bond acceptors (Lipinski definition) is 15. The number of ether oxygens (including phenoxy) is 5. The molecule has 1 saturated heterocycles. The van der Waals surface area contributed by atoms with Crippen molar-refractivity contribution in [3.8, 4) is 17.2 Å². The number of rotatable bonds is 5. The van der Waals surface area contributed by atoms with Gasteiger partial charge >= 0.3 is 11.8 Å². The minimum Gasteiger partial charge on any atom is -0.507 e. The van der Waals surface area contributed by atoms with Crippen LogP contribution in [-0.4, -0.2) is 95.0 Å². The molecule has 16 heteroatoms. The number of aromatic nitrogens is 1. The molecule has 1 unspecified atom stereocenters. The van der Waals surface area contributed by atoms with E-state index in [-0.39, 0.29) is 96.1 Å². The molecule has 1 amide bonds. The number of aromatic hydroxyl groups is 1. The van der Waals surface area contributed by atoms with Crippen LogP contribution in [0.3, 0.4) is 0 Å². The van der Waals surface area contributed by atoms with Gasteiger partial charge in [-0.3, -0.25) is 19.2 Å². The Kier molecular flexibility index (Phi) is 13.6. The summed E-state index contributed by atoms with van der Waals surface area (Å²) in [6.45, 7) is 17.6. The van der Waals surface area contributed by atoms with Crippen LogP contribution in [-0.2, 0) is 23.8 Å². The second-order valence-electron chi connectivity index (χ2n) is 18.6. The fraction of sp³-hybridized carbons (Fsp3) is 0.500. The Bertz CT molecular complexity index is 2850. The Morgan fingerprint density at radius 1 is 1.00 bits per heavy atom. The highest BCUT2D eigenvalue weighted by Gasteiger charge is 2.44. The Hall–Kier alpha value is -5.97. The van der Waals surface area contributed by atoms with Crippen LogP contribution in [0.4, 0.5) is 5.69 Å². The van der Waals surface area contributed by atoms with Gasteiger partial charge in [-0.15, -0.1) is 0 Å². The number of nitrogens with zero attached hydrogens (tertiary/aromatic N) is 2. The molecule has 0 spiro atoms. The van der Waals surface area contributed by atoms with E-state index < -0.39 is 64.3 Å². The topological polar surface area (TPSA) is 216 Å². The van der Waals surface area contributed by atoms with Crippen LogP contribution in [0, 0.1) is 42.4 Å². The van der Waals surface area contributed by atoms with Gasteiger partial charge in [0.15, 0.2) is 22.4 Å². The Labute approximate surface area is 382 Å². The van der Waals surface area contributed by atoms with Crippen molar-refractivity contribution in [2.75, 3.05) is 39.2 Å². The minimum atomic E-state index is -1.95. The third kappa shape index (κ3) is 8.85. The first-order valence-electron chi connectivity index (χ1n) is 22.4. The molecule has 3 aromatic carbocycles. The SMILES string of the molecule is CO[C@H]1/C=C/O[C@@]2(C)Oc3c(C)c(O)c4c(=O)c(c5oc6cc(OCC7CCN(C)C7)cc(=O)c6nc5c4c3=C2O)NC(=O)/C(C)=C\C=C\[C@H](C)[C@H](O)[C@@H](C)[C@@H](C)[C@@H](C)[C@H](OC(C)=O)[C@@H]1C. The number of hydrogen-bond donors (Lipinski definition) is 4. The van der Waals surface area contributed by atoms with E-state index in [0.29, 0.717) is 6.61 Å². The van der Waals surface area contributed by atoms with Crippen LogP contribution in [0.15, 0.2) is 62.3 Å². The van der Waals surface area contributed by atoms with E-state index in [1.165, 1.54) is 52.4 Å². The molecule has 16 nitrogen and oxygen atoms in total. The second-order valence-corrected chi connectivity index (χ2v) is 18.6. The highest BCUT2D eigenvalue weighted by atomic mass is 16.7. The van der Waals surface area contributed by atoms with E-state index in [2.05, 4.69) is 10.2 Å². The molecule has 66 heavy (non-hydrogen) atoms. The van der Waals surface area contributed by atoms with E-state index in [0.717, 1.165) is 19.5 Å². The maximum Gasteiger partial charge on any atom is 0.307 e. The van der Waals surface area contributed by atoms with Crippen molar-refractivity contribution >= 4 is 56.3 Å². The van der Waals surface area contributed by atoms with Crippen LogP contribution < -0.4 is 30.9 Å². The third-order valence-electron chi connectivity index (χ3n) is 14.0. The number of anilines is 1. The summed E-state index contributed by atoms with van der Waals surface area (Å²) in [5, 5.41) is 37.8. The smallest absolute Gasteiger partial charge is 0.307 e. The maximum absolute atomic E-state index is 14.8. The van der Waals surface area contributed by atoms with Gasteiger partial charge in [0.1, 0.15) is 34.6 Å². The van der Waals surface area contributed by atoms with Gasteiger partial charge in [0.25, 0.3) is 5.91 Å². The van der Waals surface area contributed by atoms with E-state index >= 15 is 0 Å². The molecule has 1 aromatic heterocycles. The third-order valence-corrected chi connectivity index (χ3v) is 14.0. The van der Waals surface area contributed by atoms with Gasteiger partial charge in [0.2, 0.25) is 10.9 Å². The summed E-state index contributed by atoms with van der Waals surface area (Å²) in [5.41, 5.74) is -2.13. The number of carbonyl (C=O) groups is 2. The molecule has 1 fully saturated rings. The van der Waals surface area contributed by atoms with Gasteiger partial charge in [0.05, 0.1) is 35.7 Å². The van der Waals surface area contributed by atoms with Crippen LogP contribution in [0.25, 0.3) is 38.7 Å². The van der Waals surface area contributed by atoms with E-state index in [1.807, 2.05) is 41.7 Å². The highest BCUT2D eigenvalue weighted by Crippen LogP contribution is 2.42. The first-order chi connectivity index (χ1) is 31.2. The largest absolute Gasteiger partial charge is 0.507 e. The normalized spacial score (nSPS) is 30.8. The number of aliphatic hydroxyl groups excluding tert-OH is 2. The average Bonchev–Trinajstić information content (AvgIpc) is 3.82. The summed E-state index contributed by atoms with van der Waals surface area (Å²) in [6, 6.07) is 2.80. The number of nitrogens with one attached hydrogen (secondary N) is 1. The summed E-state index contributed by atoms with van der Waals surface area (Å²) >= 11 is 0. The van der Waals surface area contributed by atoms with Gasteiger partial charge in [-0.1, -0.05) is 52.8 Å². The van der Waals surface area contributed by atoms with Crippen molar-refractivity contribution in [1.29, 1.82) is 0 Å². The number of methoxy groups -OCH3 is 1. The number of phenols is 1. The zero-order valence-corrected chi connectivity index (χ0v) is 39.4. The molecular weight excluding hydrogens is 851 g/mol. The monoisotopic (exact) mass is 911 g/mol. The molecule has 0 aliphatic carbocycles. The number of amides is 1. The molecule has 4 bridgehead atoms. The van der Waals surface area contributed by atoms with Gasteiger partial charge in [-0.25, -0.2) is 4.98 Å².